The van der Waals surface area contributed by atoms with E-state index >= 15 is 0 Å². The highest BCUT2D eigenvalue weighted by Crippen LogP contribution is 2.24. The maximum absolute atomic E-state index is 12.0. The van der Waals surface area contributed by atoms with Crippen molar-refractivity contribution >= 4 is 41.1 Å². The molecule has 116 valence electrons. The Bertz CT molecular complexity index is 839. The molecular weight excluding hydrogens is 358 g/mol. The van der Waals surface area contributed by atoms with Crippen molar-refractivity contribution in [3.8, 4) is 0 Å². The van der Waals surface area contributed by atoms with E-state index < -0.39 is 19.1 Å². The molecule has 11 heteroatoms. The molecule has 0 aliphatic carbocycles. The van der Waals surface area contributed by atoms with Crippen LogP contribution in [0.25, 0.3) is 0 Å². The summed E-state index contributed by atoms with van der Waals surface area (Å²) >= 11 is 0.913. The Morgan fingerprint density at radius 2 is 2.05 bits per heavy atom. The van der Waals surface area contributed by atoms with E-state index in [1.807, 2.05) is 6.92 Å². The Labute approximate surface area is 131 Å². The number of rotatable bonds is 6. The standard InChI is InChI=1S/C10H12ClN3O4S3/c1-2-14-6-9(12-7-14)21(17,18)13-5-8-3-4-10(19-8)20(11,15)16/h3-4,6-7,13H,2,5H2,1H3. The first-order valence-corrected chi connectivity index (χ1v) is 10.4. The number of sulfonamides is 1. The molecule has 1 N–H and O–H groups in total. The van der Waals surface area contributed by atoms with Gasteiger partial charge in [0.15, 0.2) is 5.03 Å². The Balaban J connectivity index is 2.10. The molecule has 0 spiro atoms. The largest absolute Gasteiger partial charge is 0.336 e. The first-order chi connectivity index (χ1) is 9.72. The molecule has 0 aliphatic rings. The lowest BCUT2D eigenvalue weighted by Gasteiger charge is -2.02. The van der Waals surface area contributed by atoms with E-state index in [9.17, 15) is 16.8 Å². The summed E-state index contributed by atoms with van der Waals surface area (Å²) in [5.41, 5.74) is 0. The van der Waals surface area contributed by atoms with Gasteiger partial charge in [-0.05, 0) is 19.1 Å². The second-order valence-corrected chi connectivity index (χ2v) is 9.70. The molecule has 0 aromatic carbocycles. The van der Waals surface area contributed by atoms with Gasteiger partial charge in [-0.25, -0.2) is 26.5 Å². The summed E-state index contributed by atoms with van der Waals surface area (Å²) in [5, 5.41) is -0.0777. The van der Waals surface area contributed by atoms with Gasteiger partial charge in [-0.3, -0.25) is 0 Å². The van der Waals surface area contributed by atoms with Crippen LogP contribution in [0.5, 0.6) is 0 Å². The maximum atomic E-state index is 12.0. The Morgan fingerprint density at radius 3 is 2.57 bits per heavy atom. The molecule has 0 atom stereocenters. The number of halogens is 1. The predicted octanol–water partition coefficient (Wildman–Crippen LogP) is 1.37. The minimum Gasteiger partial charge on any atom is -0.336 e. The highest BCUT2D eigenvalue weighted by Gasteiger charge is 2.18. The quantitative estimate of drug-likeness (QED) is 0.775. The molecule has 0 radical (unpaired) electrons. The molecular formula is C10H12ClN3O4S3. The van der Waals surface area contributed by atoms with Gasteiger partial charge in [-0.15, -0.1) is 11.3 Å². The van der Waals surface area contributed by atoms with Crippen molar-refractivity contribution in [1.82, 2.24) is 14.3 Å². The van der Waals surface area contributed by atoms with Gasteiger partial charge in [0.25, 0.3) is 19.1 Å². The van der Waals surface area contributed by atoms with Crippen LogP contribution in [0.3, 0.4) is 0 Å². The molecule has 0 aliphatic heterocycles. The molecule has 0 saturated heterocycles. The number of nitrogens with one attached hydrogen (secondary N) is 1. The number of imidazole rings is 1. The van der Waals surface area contributed by atoms with Crippen LogP contribution >= 0.6 is 22.0 Å². The molecule has 0 fully saturated rings. The van der Waals surface area contributed by atoms with Crippen LogP contribution in [0, 0.1) is 0 Å². The number of hydrogen-bond acceptors (Lipinski definition) is 6. The summed E-state index contributed by atoms with van der Waals surface area (Å²) in [5.74, 6) is 0. The van der Waals surface area contributed by atoms with Crippen molar-refractivity contribution < 1.29 is 16.8 Å². The number of hydrogen-bond donors (Lipinski definition) is 1. The van der Waals surface area contributed by atoms with Crippen molar-refractivity contribution in [2.45, 2.75) is 29.2 Å². The second-order valence-electron chi connectivity index (χ2n) is 4.03. The van der Waals surface area contributed by atoms with Crippen LogP contribution < -0.4 is 4.72 Å². The normalized spacial score (nSPS) is 12.7. The summed E-state index contributed by atoms with van der Waals surface area (Å²) in [6.45, 7) is 2.45. The summed E-state index contributed by atoms with van der Waals surface area (Å²) in [6, 6.07) is 2.84. The maximum Gasteiger partial charge on any atom is 0.270 e. The molecule has 21 heavy (non-hydrogen) atoms. The SMILES string of the molecule is CCn1cnc(S(=O)(=O)NCc2ccc(S(=O)(=O)Cl)s2)c1. The lowest BCUT2D eigenvalue weighted by molar-refractivity contribution is 0.578. The third-order valence-electron chi connectivity index (χ3n) is 2.56. The fraction of sp³-hybridized carbons (Fsp3) is 0.300. The van der Waals surface area contributed by atoms with E-state index in [1.54, 1.807) is 4.57 Å². The summed E-state index contributed by atoms with van der Waals surface area (Å²) in [6.07, 6.45) is 2.85. The molecule has 0 amide bonds. The topological polar surface area (TPSA) is 98.1 Å². The molecule has 0 unspecified atom stereocenters. The van der Waals surface area contributed by atoms with Crippen LogP contribution in [-0.4, -0.2) is 26.4 Å². The zero-order valence-electron chi connectivity index (χ0n) is 10.9. The van der Waals surface area contributed by atoms with Crippen LogP contribution in [-0.2, 0) is 32.2 Å². The Kier molecular flexibility index (Phi) is 4.73. The lowest BCUT2D eigenvalue weighted by atomic mass is 10.5. The number of aromatic nitrogens is 2. The average molecular weight is 370 g/mol. The zero-order valence-corrected chi connectivity index (χ0v) is 14.1. The molecule has 2 aromatic heterocycles. The Morgan fingerprint density at radius 1 is 1.33 bits per heavy atom. The lowest BCUT2D eigenvalue weighted by Crippen LogP contribution is -2.23. The van der Waals surface area contributed by atoms with E-state index in [2.05, 4.69) is 9.71 Å². The highest BCUT2D eigenvalue weighted by atomic mass is 35.7. The van der Waals surface area contributed by atoms with Gasteiger partial charge < -0.3 is 4.57 Å². The number of aryl methyl sites for hydroxylation is 1. The van der Waals surface area contributed by atoms with Gasteiger partial charge in [0.2, 0.25) is 0 Å². The van der Waals surface area contributed by atoms with Gasteiger partial charge in [0.05, 0.1) is 6.33 Å². The first-order valence-electron chi connectivity index (χ1n) is 5.77. The summed E-state index contributed by atoms with van der Waals surface area (Å²) in [4.78, 5) is 4.35. The number of nitrogens with zero attached hydrogens (tertiary/aromatic N) is 2. The van der Waals surface area contributed by atoms with Crippen LogP contribution in [0.1, 0.15) is 11.8 Å². The third-order valence-corrected chi connectivity index (χ3v) is 7.03. The summed E-state index contributed by atoms with van der Waals surface area (Å²) < 4.78 is 50.3. The predicted molar refractivity (Wildman–Crippen MR) is 79.3 cm³/mol. The van der Waals surface area contributed by atoms with Crippen molar-refractivity contribution in [1.29, 1.82) is 0 Å². The molecule has 0 saturated carbocycles. The minimum atomic E-state index is -3.79. The molecule has 2 aromatic rings. The monoisotopic (exact) mass is 369 g/mol. The van der Waals surface area contributed by atoms with Gasteiger partial charge >= 0.3 is 0 Å². The van der Waals surface area contributed by atoms with Crippen molar-refractivity contribution in [3.05, 3.63) is 29.5 Å². The van der Waals surface area contributed by atoms with E-state index in [1.165, 1.54) is 24.7 Å². The second kappa shape index (κ2) is 6.05. The van der Waals surface area contributed by atoms with E-state index in [-0.39, 0.29) is 15.8 Å². The molecule has 2 heterocycles. The zero-order chi connectivity index (χ0) is 15.7. The average Bonchev–Trinajstić information content (AvgIpc) is 3.05. The van der Waals surface area contributed by atoms with Crippen LogP contribution in [0.15, 0.2) is 33.9 Å². The van der Waals surface area contributed by atoms with E-state index in [0.717, 1.165) is 11.3 Å². The molecule has 7 nitrogen and oxygen atoms in total. The van der Waals surface area contributed by atoms with Gasteiger partial charge in [-0.1, -0.05) is 0 Å². The number of thiophene rings is 1. The van der Waals surface area contributed by atoms with Crippen LogP contribution in [0.4, 0.5) is 0 Å². The molecule has 2 rings (SSSR count). The molecule has 0 bridgehead atoms. The smallest absolute Gasteiger partial charge is 0.270 e. The van der Waals surface area contributed by atoms with Crippen LogP contribution in [0.2, 0.25) is 0 Å². The highest BCUT2D eigenvalue weighted by molar-refractivity contribution is 8.15. The van der Waals surface area contributed by atoms with Crippen molar-refractivity contribution in [3.63, 3.8) is 0 Å². The minimum absolute atomic E-state index is 0.0198. The van der Waals surface area contributed by atoms with Gasteiger partial charge in [0, 0.05) is 34.8 Å². The van der Waals surface area contributed by atoms with Gasteiger partial charge in [0.1, 0.15) is 4.21 Å². The summed E-state index contributed by atoms with van der Waals surface area (Å²) in [7, 11) is -2.31. The van der Waals surface area contributed by atoms with Crippen molar-refractivity contribution in [2.24, 2.45) is 0 Å². The third kappa shape index (κ3) is 4.04. The first kappa shape index (κ1) is 16.4. The van der Waals surface area contributed by atoms with Gasteiger partial charge in [-0.2, -0.15) is 0 Å². The fourth-order valence-electron chi connectivity index (χ4n) is 1.48. The van der Waals surface area contributed by atoms with Crippen molar-refractivity contribution in [2.75, 3.05) is 0 Å². The Hall–Kier alpha value is -0.940. The fourth-order valence-corrected chi connectivity index (χ4v) is 4.58. The van der Waals surface area contributed by atoms with E-state index in [4.69, 9.17) is 10.7 Å². The van der Waals surface area contributed by atoms with E-state index in [0.29, 0.717) is 11.4 Å².